The van der Waals surface area contributed by atoms with Crippen molar-refractivity contribution in [1.29, 1.82) is 0 Å². The number of nitrogens with two attached hydrogens (primary N) is 1. The van der Waals surface area contributed by atoms with Crippen LogP contribution in [0.15, 0.2) is 18.2 Å². The Morgan fingerprint density at radius 3 is 2.33 bits per heavy atom. The van der Waals surface area contributed by atoms with Gasteiger partial charge in [-0.25, -0.2) is 0 Å². The predicted molar refractivity (Wildman–Crippen MR) is 80.9 cm³/mol. The van der Waals surface area contributed by atoms with Crippen LogP contribution in [0.25, 0.3) is 0 Å². The van der Waals surface area contributed by atoms with E-state index >= 15 is 0 Å². The number of aryl methyl sites for hydroxylation is 3. The van der Waals surface area contributed by atoms with E-state index in [4.69, 9.17) is 5.73 Å². The number of benzene rings is 1. The Morgan fingerprint density at radius 2 is 1.78 bits per heavy atom. The number of hydrogen-bond donors (Lipinski definition) is 1. The van der Waals surface area contributed by atoms with Crippen molar-refractivity contribution in [2.45, 2.75) is 65.8 Å². The van der Waals surface area contributed by atoms with Crippen molar-refractivity contribution in [1.82, 2.24) is 0 Å². The third kappa shape index (κ3) is 4.45. The maximum atomic E-state index is 6.11. The zero-order chi connectivity index (χ0) is 13.5. The second kappa shape index (κ2) is 7.58. The molecule has 0 aliphatic carbocycles. The standard InChI is InChI=1S/C17H29N/c1-5-14-10-11-15(6-2)16(12-14)8-7-9-17(18)13(3)4/h10-13,17H,5-9,18H2,1-4H3. The Bertz CT molecular complexity index is 355. The summed E-state index contributed by atoms with van der Waals surface area (Å²) in [6.45, 7) is 8.88. The third-order valence-corrected chi connectivity index (χ3v) is 3.90. The molecule has 0 aromatic heterocycles. The van der Waals surface area contributed by atoms with Crippen LogP contribution in [0.1, 0.15) is 57.2 Å². The maximum absolute atomic E-state index is 6.11. The molecule has 1 aromatic rings. The van der Waals surface area contributed by atoms with Gasteiger partial charge in [0.2, 0.25) is 0 Å². The van der Waals surface area contributed by atoms with E-state index in [1.165, 1.54) is 29.5 Å². The van der Waals surface area contributed by atoms with Crippen molar-refractivity contribution in [3.63, 3.8) is 0 Å². The molecule has 0 bridgehead atoms. The van der Waals surface area contributed by atoms with E-state index in [2.05, 4.69) is 45.9 Å². The Kier molecular flexibility index (Phi) is 6.42. The maximum Gasteiger partial charge on any atom is 0.00620 e. The van der Waals surface area contributed by atoms with Gasteiger partial charge in [-0.05, 0) is 54.7 Å². The monoisotopic (exact) mass is 247 g/mol. The highest BCUT2D eigenvalue weighted by molar-refractivity contribution is 5.32. The van der Waals surface area contributed by atoms with E-state index in [0.29, 0.717) is 12.0 Å². The zero-order valence-electron chi connectivity index (χ0n) is 12.5. The van der Waals surface area contributed by atoms with Crippen LogP contribution in [0.5, 0.6) is 0 Å². The summed E-state index contributed by atoms with van der Waals surface area (Å²) in [5.74, 6) is 0.595. The van der Waals surface area contributed by atoms with Gasteiger partial charge in [-0.15, -0.1) is 0 Å². The minimum Gasteiger partial charge on any atom is -0.327 e. The molecule has 0 aliphatic heterocycles. The summed E-state index contributed by atoms with van der Waals surface area (Å²) in [5, 5.41) is 0. The van der Waals surface area contributed by atoms with Crippen LogP contribution in [0.3, 0.4) is 0 Å². The molecule has 0 saturated carbocycles. The fraction of sp³-hybridized carbons (Fsp3) is 0.647. The van der Waals surface area contributed by atoms with Crippen molar-refractivity contribution in [2.24, 2.45) is 11.7 Å². The van der Waals surface area contributed by atoms with Crippen LogP contribution < -0.4 is 5.73 Å². The van der Waals surface area contributed by atoms with E-state index in [9.17, 15) is 0 Å². The molecule has 0 fully saturated rings. The molecule has 0 heterocycles. The summed E-state index contributed by atoms with van der Waals surface area (Å²) < 4.78 is 0. The normalized spacial score (nSPS) is 13.0. The lowest BCUT2D eigenvalue weighted by atomic mass is 9.94. The third-order valence-electron chi connectivity index (χ3n) is 3.90. The van der Waals surface area contributed by atoms with Crippen molar-refractivity contribution in [3.8, 4) is 0 Å². The molecule has 1 rings (SSSR count). The highest BCUT2D eigenvalue weighted by Gasteiger charge is 2.08. The van der Waals surface area contributed by atoms with Gasteiger partial charge in [0.15, 0.2) is 0 Å². The first-order valence-corrected chi connectivity index (χ1v) is 7.44. The summed E-state index contributed by atoms with van der Waals surface area (Å²) in [7, 11) is 0. The SMILES string of the molecule is CCc1ccc(CC)c(CCCC(N)C(C)C)c1. The molecule has 0 radical (unpaired) electrons. The lowest BCUT2D eigenvalue weighted by Gasteiger charge is -2.16. The van der Waals surface area contributed by atoms with Crippen LogP contribution in [0.4, 0.5) is 0 Å². The fourth-order valence-corrected chi connectivity index (χ4v) is 2.34. The van der Waals surface area contributed by atoms with E-state index in [0.717, 1.165) is 19.3 Å². The average molecular weight is 247 g/mol. The van der Waals surface area contributed by atoms with Gasteiger partial charge in [0.1, 0.15) is 0 Å². The van der Waals surface area contributed by atoms with Crippen LogP contribution in [-0.2, 0) is 19.3 Å². The lowest BCUT2D eigenvalue weighted by molar-refractivity contribution is 0.452. The molecule has 102 valence electrons. The van der Waals surface area contributed by atoms with Crippen LogP contribution in [0.2, 0.25) is 0 Å². The molecule has 0 spiro atoms. The first-order chi connectivity index (χ1) is 8.58. The average Bonchev–Trinajstić information content (AvgIpc) is 2.38. The van der Waals surface area contributed by atoms with Crippen LogP contribution >= 0.6 is 0 Å². The molecule has 0 amide bonds. The van der Waals surface area contributed by atoms with Gasteiger partial charge < -0.3 is 5.73 Å². The van der Waals surface area contributed by atoms with Crippen molar-refractivity contribution < 1.29 is 0 Å². The van der Waals surface area contributed by atoms with Crippen molar-refractivity contribution in [2.75, 3.05) is 0 Å². The highest BCUT2D eigenvalue weighted by atomic mass is 14.6. The minimum atomic E-state index is 0.351. The van der Waals surface area contributed by atoms with Crippen molar-refractivity contribution >= 4 is 0 Å². The van der Waals surface area contributed by atoms with Gasteiger partial charge in [0, 0.05) is 6.04 Å². The summed E-state index contributed by atoms with van der Waals surface area (Å²) in [5.41, 5.74) is 10.6. The summed E-state index contributed by atoms with van der Waals surface area (Å²) >= 11 is 0. The largest absolute Gasteiger partial charge is 0.327 e. The fourth-order valence-electron chi connectivity index (χ4n) is 2.34. The van der Waals surface area contributed by atoms with Gasteiger partial charge in [0.25, 0.3) is 0 Å². The molecule has 2 N–H and O–H groups in total. The summed E-state index contributed by atoms with van der Waals surface area (Å²) in [6.07, 6.45) is 5.78. The molecule has 0 saturated heterocycles. The Hall–Kier alpha value is -0.820. The van der Waals surface area contributed by atoms with Gasteiger partial charge in [-0.1, -0.05) is 45.9 Å². The number of hydrogen-bond acceptors (Lipinski definition) is 1. The Balaban J connectivity index is 2.59. The van der Waals surface area contributed by atoms with E-state index in [1.807, 2.05) is 0 Å². The zero-order valence-corrected chi connectivity index (χ0v) is 12.5. The predicted octanol–water partition coefficient (Wildman–Crippen LogP) is 4.12. The van der Waals surface area contributed by atoms with E-state index in [-0.39, 0.29) is 0 Å². The van der Waals surface area contributed by atoms with Gasteiger partial charge in [0.05, 0.1) is 0 Å². The van der Waals surface area contributed by atoms with Crippen LogP contribution in [-0.4, -0.2) is 6.04 Å². The minimum absolute atomic E-state index is 0.351. The molecule has 0 aliphatic rings. The molecule has 1 unspecified atom stereocenters. The second-order valence-electron chi connectivity index (χ2n) is 5.61. The van der Waals surface area contributed by atoms with Crippen molar-refractivity contribution in [3.05, 3.63) is 34.9 Å². The lowest BCUT2D eigenvalue weighted by Crippen LogP contribution is -2.26. The molecule has 18 heavy (non-hydrogen) atoms. The van der Waals surface area contributed by atoms with Gasteiger partial charge >= 0.3 is 0 Å². The summed E-state index contributed by atoms with van der Waals surface area (Å²) in [6, 6.07) is 7.31. The molecular weight excluding hydrogens is 218 g/mol. The van der Waals surface area contributed by atoms with Gasteiger partial charge in [-0.3, -0.25) is 0 Å². The molecular formula is C17H29N. The quantitative estimate of drug-likeness (QED) is 0.770. The van der Waals surface area contributed by atoms with Crippen LogP contribution in [0, 0.1) is 5.92 Å². The topological polar surface area (TPSA) is 26.0 Å². The molecule has 1 aromatic carbocycles. The highest BCUT2D eigenvalue weighted by Crippen LogP contribution is 2.17. The first-order valence-electron chi connectivity index (χ1n) is 7.44. The Morgan fingerprint density at radius 1 is 1.06 bits per heavy atom. The molecule has 1 nitrogen and oxygen atoms in total. The second-order valence-corrected chi connectivity index (χ2v) is 5.61. The first kappa shape index (κ1) is 15.2. The van der Waals surface area contributed by atoms with E-state index < -0.39 is 0 Å². The smallest absolute Gasteiger partial charge is 0.00620 e. The molecule has 1 heteroatoms. The Labute approximate surface area is 113 Å². The van der Waals surface area contributed by atoms with Gasteiger partial charge in [-0.2, -0.15) is 0 Å². The summed E-state index contributed by atoms with van der Waals surface area (Å²) in [4.78, 5) is 0. The van der Waals surface area contributed by atoms with E-state index in [1.54, 1.807) is 0 Å². The number of rotatable bonds is 7. The molecule has 1 atom stereocenters.